The summed E-state index contributed by atoms with van der Waals surface area (Å²) >= 11 is 12.9. The fraction of sp³-hybridized carbons (Fsp3) is 0.240. The van der Waals surface area contributed by atoms with Crippen molar-refractivity contribution in [2.24, 2.45) is 0 Å². The molecule has 0 radical (unpaired) electrons. The van der Waals surface area contributed by atoms with E-state index < -0.39 is 27.9 Å². The van der Waals surface area contributed by atoms with Crippen molar-refractivity contribution in [2.45, 2.75) is 16.9 Å². The standard InChI is InChI=1S/C25H24Cl2N2O5S/c1-28(2)25(30)24-23(17-7-5-6-8-19(17)27)18-13-15(26)9-11-20(18)29(24)35(31,32)16-10-12-21(33-3)22(14-16)34-4/h5-14,23-24H,1-4H3/t23-,24+/m0/s1. The lowest BCUT2D eigenvalue weighted by atomic mass is 9.87. The Bertz CT molecular complexity index is 1390. The van der Waals surface area contributed by atoms with Crippen LogP contribution in [0.25, 0.3) is 0 Å². The average molecular weight is 535 g/mol. The first-order valence-electron chi connectivity index (χ1n) is 10.6. The molecule has 0 aromatic heterocycles. The van der Waals surface area contributed by atoms with E-state index in [1.54, 1.807) is 56.6 Å². The summed E-state index contributed by atoms with van der Waals surface area (Å²) in [6.07, 6.45) is 0. The topological polar surface area (TPSA) is 76.2 Å². The number of benzene rings is 3. The van der Waals surface area contributed by atoms with Gasteiger partial charge in [0.25, 0.3) is 10.0 Å². The van der Waals surface area contributed by atoms with E-state index in [1.165, 1.54) is 37.3 Å². The number of rotatable bonds is 6. The number of anilines is 1. The van der Waals surface area contributed by atoms with E-state index in [0.29, 0.717) is 32.6 Å². The highest BCUT2D eigenvalue weighted by Crippen LogP contribution is 2.50. The molecular weight excluding hydrogens is 511 g/mol. The third-order valence-corrected chi connectivity index (χ3v) is 8.35. The van der Waals surface area contributed by atoms with Crippen molar-refractivity contribution in [1.29, 1.82) is 0 Å². The third kappa shape index (κ3) is 4.30. The number of fused-ring (bicyclic) bond motifs is 1. The minimum Gasteiger partial charge on any atom is -0.493 e. The highest BCUT2D eigenvalue weighted by Gasteiger charge is 2.50. The molecule has 0 unspecified atom stereocenters. The van der Waals surface area contributed by atoms with Crippen LogP contribution in [0.2, 0.25) is 10.0 Å². The van der Waals surface area contributed by atoms with Crippen LogP contribution < -0.4 is 13.8 Å². The predicted molar refractivity (Wildman–Crippen MR) is 136 cm³/mol. The van der Waals surface area contributed by atoms with Crippen LogP contribution in [0, 0.1) is 0 Å². The van der Waals surface area contributed by atoms with E-state index in [4.69, 9.17) is 32.7 Å². The maximum Gasteiger partial charge on any atom is 0.265 e. The van der Waals surface area contributed by atoms with Gasteiger partial charge in [0, 0.05) is 36.1 Å². The Hall–Kier alpha value is -2.94. The Morgan fingerprint density at radius 2 is 1.60 bits per heavy atom. The summed E-state index contributed by atoms with van der Waals surface area (Å²) in [5.74, 6) is -0.439. The van der Waals surface area contributed by atoms with Gasteiger partial charge in [0.2, 0.25) is 5.91 Å². The van der Waals surface area contributed by atoms with Crippen LogP contribution in [0.5, 0.6) is 11.5 Å². The number of hydrogen-bond donors (Lipinski definition) is 0. The SMILES string of the molecule is COc1ccc(S(=O)(=O)N2c3ccc(Cl)cc3[C@H](c3ccccc3Cl)[C@@H]2C(=O)N(C)C)cc1OC. The number of likely N-dealkylation sites (N-methyl/N-ethyl adjacent to an activating group) is 1. The minimum atomic E-state index is -4.24. The fourth-order valence-corrected chi connectivity index (χ4v) is 6.47. The number of hydrogen-bond acceptors (Lipinski definition) is 5. The fourth-order valence-electron chi connectivity index (χ4n) is 4.37. The molecular formula is C25H24Cl2N2O5S. The molecule has 3 aromatic carbocycles. The van der Waals surface area contributed by atoms with Crippen molar-refractivity contribution in [3.05, 3.63) is 81.8 Å². The molecule has 1 amide bonds. The maximum atomic E-state index is 14.1. The van der Waals surface area contributed by atoms with Gasteiger partial charge in [-0.1, -0.05) is 41.4 Å². The van der Waals surface area contributed by atoms with Gasteiger partial charge in [-0.3, -0.25) is 9.10 Å². The van der Waals surface area contributed by atoms with Crippen LogP contribution in [0.4, 0.5) is 5.69 Å². The molecule has 10 heteroatoms. The van der Waals surface area contributed by atoms with Crippen molar-refractivity contribution < 1.29 is 22.7 Å². The van der Waals surface area contributed by atoms with Crippen molar-refractivity contribution in [2.75, 3.05) is 32.6 Å². The first-order valence-corrected chi connectivity index (χ1v) is 12.8. The molecule has 0 saturated heterocycles. The summed E-state index contributed by atoms with van der Waals surface area (Å²) in [6.45, 7) is 0. The molecule has 1 aliphatic rings. The van der Waals surface area contributed by atoms with Gasteiger partial charge in [-0.2, -0.15) is 0 Å². The first-order chi connectivity index (χ1) is 16.6. The Morgan fingerprint density at radius 3 is 2.23 bits per heavy atom. The van der Waals surface area contributed by atoms with Crippen molar-refractivity contribution >= 4 is 44.8 Å². The smallest absolute Gasteiger partial charge is 0.265 e. The first kappa shape index (κ1) is 25.2. The summed E-state index contributed by atoms with van der Waals surface area (Å²) < 4.78 is 40.0. The number of sulfonamides is 1. The van der Waals surface area contributed by atoms with Gasteiger partial charge in [0.15, 0.2) is 11.5 Å². The van der Waals surface area contributed by atoms with E-state index >= 15 is 0 Å². The number of carbonyl (C=O) groups excluding carboxylic acids is 1. The zero-order valence-corrected chi connectivity index (χ0v) is 21.9. The maximum absolute atomic E-state index is 14.1. The Balaban J connectivity index is 2.00. The number of methoxy groups -OCH3 is 2. The molecule has 0 saturated carbocycles. The van der Waals surface area contributed by atoms with Crippen molar-refractivity contribution in [3.8, 4) is 11.5 Å². The van der Waals surface area contributed by atoms with E-state index in [0.717, 1.165) is 4.31 Å². The van der Waals surface area contributed by atoms with Gasteiger partial charge in [-0.15, -0.1) is 0 Å². The molecule has 7 nitrogen and oxygen atoms in total. The Morgan fingerprint density at radius 1 is 0.914 bits per heavy atom. The van der Waals surface area contributed by atoms with Crippen LogP contribution >= 0.6 is 23.2 Å². The number of carbonyl (C=O) groups is 1. The Labute approximate surface area is 214 Å². The van der Waals surface area contributed by atoms with Crippen LogP contribution in [-0.2, 0) is 14.8 Å². The molecule has 1 heterocycles. The molecule has 3 aromatic rings. The van der Waals surface area contributed by atoms with Gasteiger partial charge in [0.05, 0.1) is 24.8 Å². The molecule has 0 N–H and O–H groups in total. The molecule has 1 aliphatic heterocycles. The van der Waals surface area contributed by atoms with Gasteiger partial charge in [-0.05, 0) is 47.5 Å². The van der Waals surface area contributed by atoms with Gasteiger partial charge < -0.3 is 14.4 Å². The minimum absolute atomic E-state index is 0.0487. The third-order valence-electron chi connectivity index (χ3n) is 5.98. The average Bonchev–Trinajstić information content (AvgIpc) is 3.17. The largest absolute Gasteiger partial charge is 0.493 e. The van der Waals surface area contributed by atoms with Crippen molar-refractivity contribution in [1.82, 2.24) is 4.90 Å². The zero-order chi connectivity index (χ0) is 25.5. The summed E-state index contributed by atoms with van der Waals surface area (Å²) in [5, 5.41) is 0.840. The van der Waals surface area contributed by atoms with Crippen LogP contribution in [-0.4, -0.2) is 53.6 Å². The molecule has 184 valence electrons. The molecule has 4 rings (SSSR count). The van der Waals surface area contributed by atoms with Crippen LogP contribution in [0.1, 0.15) is 17.0 Å². The highest BCUT2D eigenvalue weighted by molar-refractivity contribution is 7.93. The molecule has 0 bridgehead atoms. The Kier molecular flexibility index (Phi) is 6.90. The summed E-state index contributed by atoms with van der Waals surface area (Å²) in [6, 6.07) is 15.2. The van der Waals surface area contributed by atoms with E-state index in [-0.39, 0.29) is 10.6 Å². The lowest BCUT2D eigenvalue weighted by Gasteiger charge is -2.31. The van der Waals surface area contributed by atoms with Gasteiger partial charge in [-0.25, -0.2) is 8.42 Å². The summed E-state index contributed by atoms with van der Waals surface area (Å²) in [4.78, 5) is 14.9. The number of halogens is 2. The highest BCUT2D eigenvalue weighted by atomic mass is 35.5. The number of amides is 1. The van der Waals surface area contributed by atoms with E-state index in [2.05, 4.69) is 0 Å². The monoisotopic (exact) mass is 534 g/mol. The summed E-state index contributed by atoms with van der Waals surface area (Å²) in [5.41, 5.74) is 1.58. The second-order valence-electron chi connectivity index (χ2n) is 8.20. The second kappa shape index (κ2) is 9.60. The van der Waals surface area contributed by atoms with Crippen molar-refractivity contribution in [3.63, 3.8) is 0 Å². The van der Waals surface area contributed by atoms with E-state index in [1.807, 2.05) is 0 Å². The second-order valence-corrected chi connectivity index (χ2v) is 10.9. The van der Waals surface area contributed by atoms with Gasteiger partial charge in [0.1, 0.15) is 6.04 Å². The van der Waals surface area contributed by atoms with Crippen LogP contribution in [0.15, 0.2) is 65.6 Å². The lowest BCUT2D eigenvalue weighted by Crippen LogP contribution is -2.49. The van der Waals surface area contributed by atoms with Gasteiger partial charge >= 0.3 is 0 Å². The molecule has 0 aliphatic carbocycles. The molecule has 0 spiro atoms. The number of ether oxygens (including phenoxy) is 2. The normalized spacial score (nSPS) is 17.1. The van der Waals surface area contributed by atoms with E-state index in [9.17, 15) is 13.2 Å². The summed E-state index contributed by atoms with van der Waals surface area (Å²) in [7, 11) is 1.82. The molecule has 35 heavy (non-hydrogen) atoms. The molecule has 0 fully saturated rings. The molecule has 2 atom stereocenters. The zero-order valence-electron chi connectivity index (χ0n) is 19.5. The van der Waals surface area contributed by atoms with Crippen LogP contribution in [0.3, 0.4) is 0 Å². The predicted octanol–water partition coefficient (Wildman–Crippen LogP) is 4.81. The lowest BCUT2D eigenvalue weighted by molar-refractivity contribution is -0.130. The number of nitrogens with zero attached hydrogens (tertiary/aromatic N) is 2. The quantitative estimate of drug-likeness (QED) is 0.453.